The van der Waals surface area contributed by atoms with E-state index in [1.807, 2.05) is 12.1 Å². The highest BCUT2D eigenvalue weighted by Gasteiger charge is 2.03. The van der Waals surface area contributed by atoms with Gasteiger partial charge in [0.2, 0.25) is 0 Å². The van der Waals surface area contributed by atoms with Crippen molar-refractivity contribution in [2.45, 2.75) is 32.6 Å². The number of benzene rings is 1. The molecule has 0 atom stereocenters. The molecule has 0 saturated carbocycles. The van der Waals surface area contributed by atoms with E-state index in [4.69, 9.17) is 0 Å². The van der Waals surface area contributed by atoms with Gasteiger partial charge in [-0.15, -0.1) is 0 Å². The van der Waals surface area contributed by atoms with Gasteiger partial charge in [0.25, 0.3) is 5.69 Å². The van der Waals surface area contributed by atoms with E-state index in [0.717, 1.165) is 12.0 Å². The minimum Gasteiger partial charge on any atom is -0.258 e. The fourth-order valence-electron chi connectivity index (χ4n) is 1.47. The third-order valence-electron chi connectivity index (χ3n) is 2.37. The summed E-state index contributed by atoms with van der Waals surface area (Å²) in [6.45, 7) is 2.17. The Morgan fingerprint density at radius 2 is 2.19 bits per heavy atom. The monoisotopic (exact) mass is 219 g/mol. The molecule has 3 nitrogen and oxygen atoms in total. The molecule has 1 rings (SSSR count). The second-order valence-corrected chi connectivity index (χ2v) is 3.75. The molecule has 0 amide bonds. The van der Waals surface area contributed by atoms with Crippen LogP contribution in [0, 0.1) is 10.1 Å². The lowest BCUT2D eigenvalue weighted by Gasteiger charge is -1.95. The van der Waals surface area contributed by atoms with E-state index in [1.54, 1.807) is 12.1 Å². The molecule has 0 unspecified atom stereocenters. The minimum atomic E-state index is -0.367. The molecule has 0 saturated heterocycles. The molecule has 0 bridgehead atoms. The number of allylic oxidation sites excluding steroid dienone is 1. The van der Waals surface area contributed by atoms with Gasteiger partial charge in [-0.1, -0.05) is 44.1 Å². The van der Waals surface area contributed by atoms with Crippen molar-refractivity contribution in [3.63, 3.8) is 0 Å². The van der Waals surface area contributed by atoms with Crippen molar-refractivity contribution >= 4 is 11.8 Å². The van der Waals surface area contributed by atoms with Gasteiger partial charge in [0.15, 0.2) is 0 Å². The summed E-state index contributed by atoms with van der Waals surface area (Å²) in [5.41, 5.74) is 1.04. The lowest BCUT2D eigenvalue weighted by molar-refractivity contribution is -0.384. The SMILES string of the molecule is CCCCC/C=C/c1cccc([N+](=O)[O-])c1. The molecule has 0 fully saturated rings. The van der Waals surface area contributed by atoms with Gasteiger partial charge >= 0.3 is 0 Å². The van der Waals surface area contributed by atoms with Crippen LogP contribution in [0.15, 0.2) is 30.3 Å². The van der Waals surface area contributed by atoms with E-state index < -0.39 is 0 Å². The summed E-state index contributed by atoms with van der Waals surface area (Å²) < 4.78 is 0. The Kier molecular flexibility index (Phi) is 5.26. The van der Waals surface area contributed by atoms with Gasteiger partial charge in [0.1, 0.15) is 0 Å². The van der Waals surface area contributed by atoms with Gasteiger partial charge in [-0.2, -0.15) is 0 Å². The van der Waals surface area contributed by atoms with Gasteiger partial charge in [0.05, 0.1) is 4.92 Å². The van der Waals surface area contributed by atoms with Crippen molar-refractivity contribution in [3.05, 3.63) is 46.0 Å². The number of rotatable bonds is 6. The highest BCUT2D eigenvalue weighted by atomic mass is 16.6. The maximum absolute atomic E-state index is 10.5. The Balaban J connectivity index is 2.53. The first-order valence-corrected chi connectivity index (χ1v) is 5.65. The predicted molar refractivity (Wildman–Crippen MR) is 66.3 cm³/mol. The molecule has 1 aromatic carbocycles. The second kappa shape index (κ2) is 6.77. The highest BCUT2D eigenvalue weighted by Crippen LogP contribution is 2.14. The fraction of sp³-hybridized carbons (Fsp3) is 0.385. The molecule has 0 heterocycles. The first-order chi connectivity index (χ1) is 7.74. The summed E-state index contributed by atoms with van der Waals surface area (Å²) in [5, 5.41) is 10.5. The second-order valence-electron chi connectivity index (χ2n) is 3.75. The summed E-state index contributed by atoms with van der Waals surface area (Å²) in [6.07, 6.45) is 8.69. The van der Waals surface area contributed by atoms with Crippen molar-refractivity contribution < 1.29 is 4.92 Å². The van der Waals surface area contributed by atoms with E-state index in [1.165, 1.54) is 25.3 Å². The molecule has 0 radical (unpaired) electrons. The number of unbranched alkanes of at least 4 members (excludes halogenated alkanes) is 3. The zero-order valence-electron chi connectivity index (χ0n) is 9.56. The molecule has 86 valence electrons. The Morgan fingerprint density at radius 1 is 1.38 bits per heavy atom. The van der Waals surface area contributed by atoms with Crippen LogP contribution < -0.4 is 0 Å². The number of hydrogen-bond acceptors (Lipinski definition) is 2. The average Bonchev–Trinajstić information content (AvgIpc) is 2.29. The highest BCUT2D eigenvalue weighted by molar-refractivity contribution is 5.53. The molecular formula is C13H17NO2. The first-order valence-electron chi connectivity index (χ1n) is 5.65. The molecule has 0 N–H and O–H groups in total. The number of nitro benzene ring substituents is 1. The van der Waals surface area contributed by atoms with Crippen LogP contribution >= 0.6 is 0 Å². The minimum absolute atomic E-state index is 0.149. The molecule has 0 aliphatic heterocycles. The quantitative estimate of drug-likeness (QED) is 0.409. The molecule has 0 aromatic heterocycles. The summed E-state index contributed by atoms with van der Waals surface area (Å²) >= 11 is 0. The van der Waals surface area contributed by atoms with Gasteiger partial charge in [0, 0.05) is 12.1 Å². The predicted octanol–water partition coefficient (Wildman–Crippen LogP) is 4.19. The third-order valence-corrected chi connectivity index (χ3v) is 2.37. The van der Waals surface area contributed by atoms with Crippen LogP contribution in [0.5, 0.6) is 0 Å². The van der Waals surface area contributed by atoms with Crippen LogP contribution in [0.4, 0.5) is 5.69 Å². The Hall–Kier alpha value is -1.64. The zero-order chi connectivity index (χ0) is 11.8. The lowest BCUT2D eigenvalue weighted by Crippen LogP contribution is -1.87. The number of nitro groups is 1. The number of nitrogens with zero attached hydrogens (tertiary/aromatic N) is 1. The van der Waals surface area contributed by atoms with Gasteiger partial charge < -0.3 is 0 Å². The molecule has 0 aliphatic rings. The van der Waals surface area contributed by atoms with Crippen LogP contribution in [0.25, 0.3) is 6.08 Å². The Bertz CT molecular complexity index is 372. The molecule has 3 heteroatoms. The fourth-order valence-corrected chi connectivity index (χ4v) is 1.47. The summed E-state index contributed by atoms with van der Waals surface area (Å²) in [6, 6.07) is 6.69. The van der Waals surface area contributed by atoms with E-state index >= 15 is 0 Å². The maximum atomic E-state index is 10.5. The molecular weight excluding hydrogens is 202 g/mol. The van der Waals surface area contributed by atoms with E-state index in [0.29, 0.717) is 0 Å². The van der Waals surface area contributed by atoms with Crippen molar-refractivity contribution in [2.75, 3.05) is 0 Å². The van der Waals surface area contributed by atoms with Crippen molar-refractivity contribution in [2.24, 2.45) is 0 Å². The summed E-state index contributed by atoms with van der Waals surface area (Å²) in [7, 11) is 0. The van der Waals surface area contributed by atoms with E-state index in [2.05, 4.69) is 13.0 Å². The first kappa shape index (κ1) is 12.4. The number of hydrogen-bond donors (Lipinski definition) is 0. The Labute approximate surface area is 95.9 Å². The maximum Gasteiger partial charge on any atom is 0.270 e. The molecule has 1 aromatic rings. The van der Waals surface area contributed by atoms with Crippen LogP contribution in [0.1, 0.15) is 38.2 Å². The van der Waals surface area contributed by atoms with E-state index in [9.17, 15) is 10.1 Å². The summed E-state index contributed by atoms with van der Waals surface area (Å²) in [4.78, 5) is 10.2. The van der Waals surface area contributed by atoms with Crippen molar-refractivity contribution in [3.8, 4) is 0 Å². The van der Waals surface area contributed by atoms with Crippen LogP contribution in [0.2, 0.25) is 0 Å². The van der Waals surface area contributed by atoms with Crippen LogP contribution in [0.3, 0.4) is 0 Å². The Morgan fingerprint density at radius 3 is 2.88 bits per heavy atom. The molecule has 16 heavy (non-hydrogen) atoms. The van der Waals surface area contributed by atoms with Gasteiger partial charge in [-0.3, -0.25) is 10.1 Å². The van der Waals surface area contributed by atoms with Crippen LogP contribution in [-0.4, -0.2) is 4.92 Å². The third kappa shape index (κ3) is 4.26. The number of non-ortho nitro benzene ring substituents is 1. The lowest BCUT2D eigenvalue weighted by atomic mass is 10.1. The summed E-state index contributed by atoms with van der Waals surface area (Å²) in [5.74, 6) is 0. The van der Waals surface area contributed by atoms with Gasteiger partial charge in [-0.25, -0.2) is 0 Å². The zero-order valence-corrected chi connectivity index (χ0v) is 9.56. The van der Waals surface area contributed by atoms with E-state index in [-0.39, 0.29) is 10.6 Å². The standard InChI is InChI=1S/C13H17NO2/c1-2-3-4-5-6-8-12-9-7-10-13(11-12)14(15)16/h6-11H,2-5H2,1H3/b8-6+. The molecule has 0 spiro atoms. The smallest absolute Gasteiger partial charge is 0.258 e. The van der Waals surface area contributed by atoms with Crippen LogP contribution in [-0.2, 0) is 0 Å². The van der Waals surface area contributed by atoms with Crippen molar-refractivity contribution in [1.82, 2.24) is 0 Å². The normalized spacial score (nSPS) is 10.8. The average molecular weight is 219 g/mol. The van der Waals surface area contributed by atoms with Gasteiger partial charge in [-0.05, 0) is 18.4 Å². The largest absolute Gasteiger partial charge is 0.270 e. The topological polar surface area (TPSA) is 43.1 Å². The van der Waals surface area contributed by atoms with Crippen molar-refractivity contribution in [1.29, 1.82) is 0 Å². The molecule has 0 aliphatic carbocycles.